The molecule has 1 aromatic carbocycles. The zero-order valence-corrected chi connectivity index (χ0v) is 11.5. The van der Waals surface area contributed by atoms with E-state index in [1.165, 1.54) is 12.1 Å². The van der Waals surface area contributed by atoms with Gasteiger partial charge in [-0.1, -0.05) is 0 Å². The van der Waals surface area contributed by atoms with Gasteiger partial charge in [-0.2, -0.15) is 5.10 Å². The largest absolute Gasteiger partial charge is 0.398 e. The van der Waals surface area contributed by atoms with Crippen molar-refractivity contribution in [1.82, 2.24) is 15.1 Å². The Hall–Kier alpha value is -2.37. The van der Waals surface area contributed by atoms with Crippen molar-refractivity contribution in [3.63, 3.8) is 0 Å². The fourth-order valence-corrected chi connectivity index (χ4v) is 1.83. The minimum Gasteiger partial charge on any atom is -0.398 e. The number of carbonyl (C=O) groups is 1. The van der Waals surface area contributed by atoms with Gasteiger partial charge in [0.15, 0.2) is 0 Å². The van der Waals surface area contributed by atoms with E-state index >= 15 is 0 Å². The minimum atomic E-state index is -0.472. The predicted octanol–water partition coefficient (Wildman–Crippen LogP) is 1.42. The number of halogens is 1. The van der Waals surface area contributed by atoms with Crippen LogP contribution in [0.15, 0.2) is 24.4 Å². The number of hydrogen-bond donors (Lipinski definition) is 2. The lowest BCUT2D eigenvalue weighted by Gasteiger charge is -2.07. The highest BCUT2D eigenvalue weighted by molar-refractivity contribution is 5.95. The molecule has 5 nitrogen and oxygen atoms in total. The summed E-state index contributed by atoms with van der Waals surface area (Å²) in [6, 6.07) is 4.56. The van der Waals surface area contributed by atoms with Crippen molar-refractivity contribution in [2.75, 3.05) is 12.3 Å². The number of nitrogens with zero attached hydrogens (tertiary/aromatic N) is 2. The number of hydrogen-bond acceptors (Lipinski definition) is 3. The predicted molar refractivity (Wildman–Crippen MR) is 74.8 cm³/mol. The first kappa shape index (κ1) is 14.0. The highest BCUT2D eigenvalue weighted by atomic mass is 19.1. The molecule has 0 aliphatic rings. The average Bonchev–Trinajstić information content (AvgIpc) is 2.81. The first-order valence-electron chi connectivity index (χ1n) is 6.29. The van der Waals surface area contributed by atoms with Crippen molar-refractivity contribution in [3.05, 3.63) is 47.0 Å². The summed E-state index contributed by atoms with van der Waals surface area (Å²) in [5, 5.41) is 6.93. The Morgan fingerprint density at radius 1 is 1.50 bits per heavy atom. The summed E-state index contributed by atoms with van der Waals surface area (Å²) in [5.74, 6) is -0.814. The number of anilines is 1. The van der Waals surface area contributed by atoms with Crippen molar-refractivity contribution in [1.29, 1.82) is 0 Å². The third-order valence-electron chi connectivity index (χ3n) is 3.08. The van der Waals surface area contributed by atoms with E-state index in [0.29, 0.717) is 18.5 Å². The van der Waals surface area contributed by atoms with Crippen molar-refractivity contribution in [2.24, 2.45) is 7.05 Å². The Morgan fingerprint density at radius 2 is 2.25 bits per heavy atom. The Labute approximate surface area is 116 Å². The number of aromatic nitrogens is 2. The van der Waals surface area contributed by atoms with Crippen LogP contribution in [-0.2, 0) is 13.5 Å². The Morgan fingerprint density at radius 3 is 2.85 bits per heavy atom. The lowest BCUT2D eigenvalue weighted by Crippen LogP contribution is -2.26. The summed E-state index contributed by atoms with van der Waals surface area (Å²) in [4.78, 5) is 11.9. The summed E-state index contributed by atoms with van der Waals surface area (Å²) in [6.07, 6.45) is 2.46. The molecule has 1 aromatic heterocycles. The lowest BCUT2D eigenvalue weighted by atomic mass is 10.1. The molecule has 0 fully saturated rings. The Bertz CT molecular complexity index is 613. The second-order valence-electron chi connectivity index (χ2n) is 4.66. The minimum absolute atomic E-state index is 0.228. The second kappa shape index (κ2) is 5.73. The molecular formula is C14H17FN4O. The molecule has 0 radical (unpaired) electrons. The number of rotatable bonds is 4. The van der Waals surface area contributed by atoms with Crippen molar-refractivity contribution in [2.45, 2.75) is 13.3 Å². The normalized spacial score (nSPS) is 10.6. The van der Waals surface area contributed by atoms with Crippen LogP contribution in [0.5, 0.6) is 0 Å². The Balaban J connectivity index is 1.95. The summed E-state index contributed by atoms with van der Waals surface area (Å²) in [7, 11) is 1.83. The third kappa shape index (κ3) is 3.14. The summed E-state index contributed by atoms with van der Waals surface area (Å²) in [6.45, 7) is 2.01. The van der Waals surface area contributed by atoms with E-state index in [4.69, 9.17) is 5.73 Å². The maximum Gasteiger partial charge on any atom is 0.251 e. The van der Waals surface area contributed by atoms with Crippen molar-refractivity contribution in [3.8, 4) is 0 Å². The number of nitrogen functional groups attached to an aromatic ring is 1. The van der Waals surface area contributed by atoms with Gasteiger partial charge in [0.2, 0.25) is 0 Å². The smallest absolute Gasteiger partial charge is 0.251 e. The molecule has 0 aliphatic carbocycles. The molecule has 3 N–H and O–H groups in total. The highest BCUT2D eigenvalue weighted by Gasteiger charge is 2.10. The van der Waals surface area contributed by atoms with Gasteiger partial charge in [0.05, 0.1) is 5.69 Å². The van der Waals surface area contributed by atoms with Gasteiger partial charge in [0, 0.05) is 43.0 Å². The maximum absolute atomic E-state index is 13.5. The third-order valence-corrected chi connectivity index (χ3v) is 3.08. The van der Waals surface area contributed by atoms with Crippen LogP contribution in [0.2, 0.25) is 0 Å². The molecule has 0 unspecified atom stereocenters. The van der Waals surface area contributed by atoms with Crippen LogP contribution in [0.25, 0.3) is 0 Å². The SMILES string of the molecule is Cc1c(N)cc(C(=O)NCCc2ccn(C)n2)cc1F. The van der Waals surface area contributed by atoms with Crippen LogP contribution < -0.4 is 11.1 Å². The summed E-state index contributed by atoms with van der Waals surface area (Å²) < 4.78 is 15.2. The number of carbonyl (C=O) groups excluding carboxylic acids is 1. The molecule has 1 amide bonds. The zero-order chi connectivity index (χ0) is 14.7. The van der Waals surface area contributed by atoms with E-state index in [9.17, 15) is 9.18 Å². The first-order chi connectivity index (χ1) is 9.47. The molecule has 6 heteroatoms. The molecule has 0 aliphatic heterocycles. The quantitative estimate of drug-likeness (QED) is 0.830. The molecule has 106 valence electrons. The maximum atomic E-state index is 13.5. The zero-order valence-electron chi connectivity index (χ0n) is 11.5. The molecule has 0 atom stereocenters. The second-order valence-corrected chi connectivity index (χ2v) is 4.66. The lowest BCUT2D eigenvalue weighted by molar-refractivity contribution is 0.0953. The number of amides is 1. The molecule has 20 heavy (non-hydrogen) atoms. The summed E-state index contributed by atoms with van der Waals surface area (Å²) >= 11 is 0. The van der Waals surface area contributed by atoms with Crippen LogP contribution in [0.4, 0.5) is 10.1 Å². The highest BCUT2D eigenvalue weighted by Crippen LogP contribution is 2.17. The van der Waals surface area contributed by atoms with Crippen molar-refractivity contribution < 1.29 is 9.18 Å². The van der Waals surface area contributed by atoms with Gasteiger partial charge in [0.25, 0.3) is 5.91 Å². The van der Waals surface area contributed by atoms with Crippen LogP contribution in [0.3, 0.4) is 0 Å². The van der Waals surface area contributed by atoms with Gasteiger partial charge in [0.1, 0.15) is 5.82 Å². The standard InChI is InChI=1S/C14H17FN4O/c1-9-12(15)7-10(8-13(9)16)14(20)17-5-3-11-4-6-19(2)18-11/h4,6-8H,3,5,16H2,1-2H3,(H,17,20). The topological polar surface area (TPSA) is 72.9 Å². The van der Waals surface area contributed by atoms with Gasteiger partial charge < -0.3 is 11.1 Å². The fourth-order valence-electron chi connectivity index (χ4n) is 1.83. The van der Waals surface area contributed by atoms with Crippen LogP contribution in [0, 0.1) is 12.7 Å². The average molecular weight is 276 g/mol. The van der Waals surface area contributed by atoms with Crippen LogP contribution >= 0.6 is 0 Å². The van der Waals surface area contributed by atoms with Gasteiger partial charge >= 0.3 is 0 Å². The van der Waals surface area contributed by atoms with Crippen molar-refractivity contribution >= 4 is 11.6 Å². The molecule has 0 bridgehead atoms. The molecule has 0 saturated heterocycles. The molecular weight excluding hydrogens is 259 g/mol. The monoisotopic (exact) mass is 276 g/mol. The molecule has 0 saturated carbocycles. The molecule has 2 rings (SSSR count). The van der Waals surface area contributed by atoms with E-state index < -0.39 is 5.82 Å². The van der Waals surface area contributed by atoms with E-state index in [1.807, 2.05) is 19.3 Å². The fraction of sp³-hybridized carbons (Fsp3) is 0.286. The number of nitrogens with one attached hydrogen (secondary N) is 1. The van der Waals surface area contributed by atoms with Crippen LogP contribution in [-0.4, -0.2) is 22.2 Å². The number of benzene rings is 1. The molecule has 2 aromatic rings. The number of nitrogens with two attached hydrogens (primary N) is 1. The van der Waals surface area contributed by atoms with E-state index in [-0.39, 0.29) is 17.2 Å². The van der Waals surface area contributed by atoms with Gasteiger partial charge in [-0.15, -0.1) is 0 Å². The van der Waals surface area contributed by atoms with Gasteiger partial charge in [-0.3, -0.25) is 9.48 Å². The Kier molecular flexibility index (Phi) is 4.02. The number of aryl methyl sites for hydroxylation is 1. The molecule has 1 heterocycles. The van der Waals surface area contributed by atoms with Gasteiger partial charge in [-0.05, 0) is 25.1 Å². The van der Waals surface area contributed by atoms with E-state index in [0.717, 1.165) is 5.69 Å². The first-order valence-corrected chi connectivity index (χ1v) is 6.29. The van der Waals surface area contributed by atoms with Crippen LogP contribution in [0.1, 0.15) is 21.6 Å². The molecule has 0 spiro atoms. The summed E-state index contributed by atoms with van der Waals surface area (Å²) in [5.41, 5.74) is 7.40. The van der Waals surface area contributed by atoms with E-state index in [1.54, 1.807) is 11.6 Å². The van der Waals surface area contributed by atoms with Gasteiger partial charge in [-0.25, -0.2) is 4.39 Å². The van der Waals surface area contributed by atoms with E-state index in [2.05, 4.69) is 10.4 Å².